The standard InChI is InChI=1S/C18H17N3O2/c1-13(2)20-18(15-6-4-3-5-7-15)12-17(19-20)14-8-10-16(11-9-14)21(22)23/h3-13H,1-2H3. The summed E-state index contributed by atoms with van der Waals surface area (Å²) in [6.07, 6.45) is 0. The van der Waals surface area contributed by atoms with Gasteiger partial charge in [0.05, 0.1) is 16.3 Å². The first-order valence-corrected chi connectivity index (χ1v) is 7.46. The summed E-state index contributed by atoms with van der Waals surface area (Å²) < 4.78 is 1.98. The number of hydrogen-bond donors (Lipinski definition) is 0. The first-order chi connectivity index (χ1) is 11.1. The maximum absolute atomic E-state index is 10.8. The summed E-state index contributed by atoms with van der Waals surface area (Å²) in [5.41, 5.74) is 3.90. The first kappa shape index (κ1) is 15.0. The monoisotopic (exact) mass is 307 g/mol. The zero-order valence-electron chi connectivity index (χ0n) is 13.0. The van der Waals surface area contributed by atoms with Crippen molar-refractivity contribution in [2.75, 3.05) is 0 Å². The maximum Gasteiger partial charge on any atom is 0.269 e. The fourth-order valence-corrected chi connectivity index (χ4v) is 2.51. The van der Waals surface area contributed by atoms with Crippen LogP contribution in [0.3, 0.4) is 0 Å². The molecule has 2 aromatic carbocycles. The van der Waals surface area contributed by atoms with Crippen molar-refractivity contribution in [1.29, 1.82) is 0 Å². The maximum atomic E-state index is 10.8. The van der Waals surface area contributed by atoms with Crippen LogP contribution in [0.5, 0.6) is 0 Å². The normalized spacial score (nSPS) is 10.9. The van der Waals surface area contributed by atoms with Gasteiger partial charge in [-0.2, -0.15) is 5.10 Å². The van der Waals surface area contributed by atoms with Crippen LogP contribution in [0.25, 0.3) is 22.5 Å². The molecule has 0 unspecified atom stereocenters. The summed E-state index contributed by atoms with van der Waals surface area (Å²) in [6, 6.07) is 18.8. The predicted octanol–water partition coefficient (Wildman–Crippen LogP) is 4.71. The summed E-state index contributed by atoms with van der Waals surface area (Å²) in [4.78, 5) is 10.4. The van der Waals surface area contributed by atoms with E-state index in [1.807, 2.05) is 28.9 Å². The minimum Gasteiger partial charge on any atom is -0.262 e. The van der Waals surface area contributed by atoms with Gasteiger partial charge in [-0.1, -0.05) is 30.3 Å². The van der Waals surface area contributed by atoms with Crippen molar-refractivity contribution in [3.8, 4) is 22.5 Å². The van der Waals surface area contributed by atoms with Crippen LogP contribution in [-0.2, 0) is 0 Å². The Morgan fingerprint density at radius 1 is 1.00 bits per heavy atom. The molecular weight excluding hydrogens is 290 g/mol. The van der Waals surface area contributed by atoms with E-state index in [9.17, 15) is 10.1 Å². The molecule has 23 heavy (non-hydrogen) atoms. The minimum atomic E-state index is -0.397. The summed E-state index contributed by atoms with van der Waals surface area (Å²) >= 11 is 0. The molecule has 0 radical (unpaired) electrons. The van der Waals surface area contributed by atoms with Crippen molar-refractivity contribution < 1.29 is 4.92 Å². The molecular formula is C18H17N3O2. The van der Waals surface area contributed by atoms with Crippen molar-refractivity contribution >= 4 is 5.69 Å². The number of nitro groups is 1. The van der Waals surface area contributed by atoms with E-state index in [0.29, 0.717) is 0 Å². The molecule has 116 valence electrons. The fraction of sp³-hybridized carbons (Fsp3) is 0.167. The van der Waals surface area contributed by atoms with E-state index in [4.69, 9.17) is 0 Å². The molecule has 3 rings (SSSR count). The van der Waals surface area contributed by atoms with Crippen LogP contribution in [0.1, 0.15) is 19.9 Å². The number of nitro benzene ring substituents is 1. The molecule has 3 aromatic rings. The molecule has 0 saturated carbocycles. The Balaban J connectivity index is 2.06. The highest BCUT2D eigenvalue weighted by Gasteiger charge is 2.14. The molecule has 0 aliphatic rings. The number of aromatic nitrogens is 2. The summed E-state index contributed by atoms with van der Waals surface area (Å²) in [7, 11) is 0. The number of rotatable bonds is 4. The van der Waals surface area contributed by atoms with E-state index in [1.165, 1.54) is 12.1 Å². The molecule has 0 fully saturated rings. The molecule has 0 atom stereocenters. The predicted molar refractivity (Wildman–Crippen MR) is 90.1 cm³/mol. The van der Waals surface area contributed by atoms with Crippen molar-refractivity contribution in [2.24, 2.45) is 0 Å². The van der Waals surface area contributed by atoms with E-state index in [-0.39, 0.29) is 11.7 Å². The Morgan fingerprint density at radius 2 is 1.65 bits per heavy atom. The van der Waals surface area contributed by atoms with E-state index in [1.54, 1.807) is 12.1 Å². The molecule has 1 aromatic heterocycles. The van der Waals surface area contributed by atoms with Crippen molar-refractivity contribution in [2.45, 2.75) is 19.9 Å². The van der Waals surface area contributed by atoms with Crippen LogP contribution in [-0.4, -0.2) is 14.7 Å². The number of non-ortho nitro benzene ring substituents is 1. The lowest BCUT2D eigenvalue weighted by molar-refractivity contribution is -0.384. The molecule has 5 heteroatoms. The van der Waals surface area contributed by atoms with Gasteiger partial charge in [-0.15, -0.1) is 0 Å². The second-order valence-corrected chi connectivity index (χ2v) is 5.62. The van der Waals surface area contributed by atoms with Crippen LogP contribution < -0.4 is 0 Å². The van der Waals surface area contributed by atoms with Crippen LogP contribution in [0.4, 0.5) is 5.69 Å². The van der Waals surface area contributed by atoms with Crippen LogP contribution in [0.2, 0.25) is 0 Å². The average Bonchev–Trinajstić information content (AvgIpc) is 3.01. The van der Waals surface area contributed by atoms with E-state index in [2.05, 4.69) is 31.1 Å². The van der Waals surface area contributed by atoms with Gasteiger partial charge in [0.25, 0.3) is 5.69 Å². The van der Waals surface area contributed by atoms with Crippen LogP contribution in [0.15, 0.2) is 60.7 Å². The molecule has 0 aliphatic carbocycles. The highest BCUT2D eigenvalue weighted by Crippen LogP contribution is 2.29. The highest BCUT2D eigenvalue weighted by molar-refractivity contribution is 5.69. The highest BCUT2D eigenvalue weighted by atomic mass is 16.6. The molecule has 0 aliphatic heterocycles. The Labute approximate surface area is 134 Å². The fourth-order valence-electron chi connectivity index (χ4n) is 2.51. The van der Waals surface area contributed by atoms with Gasteiger partial charge in [-0.25, -0.2) is 0 Å². The van der Waals surface area contributed by atoms with Crippen molar-refractivity contribution in [3.05, 3.63) is 70.8 Å². The smallest absolute Gasteiger partial charge is 0.262 e. The van der Waals surface area contributed by atoms with Gasteiger partial charge in [0.15, 0.2) is 0 Å². The third-order valence-electron chi connectivity index (χ3n) is 3.67. The summed E-state index contributed by atoms with van der Waals surface area (Å²) in [5.74, 6) is 0. The van der Waals surface area contributed by atoms with Crippen LogP contribution >= 0.6 is 0 Å². The second-order valence-electron chi connectivity index (χ2n) is 5.62. The second kappa shape index (κ2) is 6.04. The number of nitrogens with zero attached hydrogens (tertiary/aromatic N) is 3. The zero-order chi connectivity index (χ0) is 16.4. The number of benzene rings is 2. The van der Waals surface area contributed by atoms with Gasteiger partial charge in [0.2, 0.25) is 0 Å². The topological polar surface area (TPSA) is 61.0 Å². The zero-order valence-corrected chi connectivity index (χ0v) is 13.0. The Morgan fingerprint density at radius 3 is 2.22 bits per heavy atom. The summed E-state index contributed by atoms with van der Waals surface area (Å²) in [5, 5.41) is 15.4. The van der Waals surface area contributed by atoms with Crippen molar-refractivity contribution in [1.82, 2.24) is 9.78 Å². The van der Waals surface area contributed by atoms with Gasteiger partial charge >= 0.3 is 0 Å². The van der Waals surface area contributed by atoms with Gasteiger partial charge in [0, 0.05) is 23.7 Å². The molecule has 0 amide bonds. The lowest BCUT2D eigenvalue weighted by atomic mass is 10.1. The molecule has 0 bridgehead atoms. The Hall–Kier alpha value is -2.95. The SMILES string of the molecule is CC(C)n1nc(-c2ccc([N+](=O)[O-])cc2)cc1-c1ccccc1. The Bertz CT molecular complexity index is 821. The van der Waals surface area contributed by atoms with Crippen LogP contribution in [0, 0.1) is 10.1 Å². The van der Waals surface area contributed by atoms with Gasteiger partial charge in [0.1, 0.15) is 0 Å². The molecule has 0 saturated heterocycles. The third-order valence-corrected chi connectivity index (χ3v) is 3.67. The van der Waals surface area contributed by atoms with E-state index >= 15 is 0 Å². The van der Waals surface area contributed by atoms with Crippen molar-refractivity contribution in [3.63, 3.8) is 0 Å². The van der Waals surface area contributed by atoms with Gasteiger partial charge in [-0.3, -0.25) is 14.8 Å². The minimum absolute atomic E-state index is 0.0836. The Kier molecular flexibility index (Phi) is 3.93. The largest absolute Gasteiger partial charge is 0.269 e. The molecule has 0 N–H and O–H groups in total. The lowest BCUT2D eigenvalue weighted by Gasteiger charge is -2.10. The summed E-state index contributed by atoms with van der Waals surface area (Å²) in [6.45, 7) is 4.16. The van der Waals surface area contributed by atoms with Gasteiger partial charge < -0.3 is 0 Å². The lowest BCUT2D eigenvalue weighted by Crippen LogP contribution is -2.04. The number of hydrogen-bond acceptors (Lipinski definition) is 3. The molecule has 1 heterocycles. The van der Waals surface area contributed by atoms with Gasteiger partial charge in [-0.05, 0) is 37.6 Å². The van der Waals surface area contributed by atoms with E-state index in [0.717, 1.165) is 22.5 Å². The van der Waals surface area contributed by atoms with E-state index < -0.39 is 4.92 Å². The molecule has 5 nitrogen and oxygen atoms in total. The average molecular weight is 307 g/mol. The quantitative estimate of drug-likeness (QED) is 0.518. The molecule has 0 spiro atoms. The first-order valence-electron chi connectivity index (χ1n) is 7.46. The third kappa shape index (κ3) is 2.99.